The Morgan fingerprint density at radius 2 is 1.94 bits per heavy atom. The predicted molar refractivity (Wildman–Crippen MR) is 69.6 cm³/mol. The van der Waals surface area contributed by atoms with E-state index in [1.54, 1.807) is 0 Å². The molecule has 0 radical (unpaired) electrons. The molecule has 1 N–H and O–H groups in total. The van der Waals surface area contributed by atoms with Crippen molar-refractivity contribution in [1.29, 1.82) is 0 Å². The lowest BCUT2D eigenvalue weighted by Gasteiger charge is -2.28. The van der Waals surface area contributed by atoms with Gasteiger partial charge in [0.05, 0.1) is 0 Å². The normalized spacial score (nSPS) is 18.1. The van der Waals surface area contributed by atoms with Gasteiger partial charge in [0, 0.05) is 6.04 Å². The van der Waals surface area contributed by atoms with Crippen LogP contribution in [0, 0.1) is 12.8 Å². The molecule has 0 spiro atoms. The molecule has 0 bridgehead atoms. The molecular formula is C15H23N. The maximum Gasteiger partial charge on any atom is 0.0317 e. The first-order chi connectivity index (χ1) is 7.79. The molecule has 1 heteroatoms. The summed E-state index contributed by atoms with van der Waals surface area (Å²) < 4.78 is 0. The fraction of sp³-hybridized carbons (Fsp3) is 0.600. The standard InChI is InChI=1S/C15H23N/c1-3-15(16-11-13-5-4-6-13)14-9-7-12(2)8-10-14/h7-10,13,15-16H,3-6,11H2,1-2H3. The van der Waals surface area contributed by atoms with Crippen LogP contribution in [-0.4, -0.2) is 6.54 Å². The fourth-order valence-electron chi connectivity index (χ4n) is 2.30. The highest BCUT2D eigenvalue weighted by molar-refractivity contribution is 5.24. The predicted octanol–water partition coefficient (Wildman–Crippen LogP) is 3.84. The van der Waals surface area contributed by atoms with E-state index in [2.05, 4.69) is 43.4 Å². The Bertz CT molecular complexity index is 311. The van der Waals surface area contributed by atoms with Crippen LogP contribution in [0.5, 0.6) is 0 Å². The lowest BCUT2D eigenvalue weighted by molar-refractivity contribution is 0.288. The van der Waals surface area contributed by atoms with E-state index in [-0.39, 0.29) is 0 Å². The summed E-state index contributed by atoms with van der Waals surface area (Å²) in [6.45, 7) is 5.61. The van der Waals surface area contributed by atoms with Crippen molar-refractivity contribution in [2.75, 3.05) is 6.54 Å². The molecule has 1 aromatic carbocycles. The third-order valence-corrected chi connectivity index (χ3v) is 3.77. The minimum atomic E-state index is 0.543. The maximum absolute atomic E-state index is 3.71. The molecule has 1 aliphatic carbocycles. The number of benzene rings is 1. The second-order valence-corrected chi connectivity index (χ2v) is 5.08. The lowest BCUT2D eigenvalue weighted by Crippen LogP contribution is -2.30. The molecule has 1 unspecified atom stereocenters. The summed E-state index contributed by atoms with van der Waals surface area (Å²) in [5.41, 5.74) is 2.78. The van der Waals surface area contributed by atoms with Gasteiger partial charge in [0.25, 0.3) is 0 Å². The molecule has 2 rings (SSSR count). The van der Waals surface area contributed by atoms with E-state index in [0.717, 1.165) is 5.92 Å². The Hall–Kier alpha value is -0.820. The van der Waals surface area contributed by atoms with Gasteiger partial charge in [0.2, 0.25) is 0 Å². The first-order valence-corrected chi connectivity index (χ1v) is 6.59. The highest BCUT2D eigenvalue weighted by Gasteiger charge is 2.18. The van der Waals surface area contributed by atoms with Crippen molar-refractivity contribution in [3.63, 3.8) is 0 Å². The molecule has 1 nitrogen and oxygen atoms in total. The van der Waals surface area contributed by atoms with Crippen LogP contribution < -0.4 is 5.32 Å². The summed E-state index contributed by atoms with van der Waals surface area (Å²) in [7, 11) is 0. The molecule has 0 heterocycles. The highest BCUT2D eigenvalue weighted by atomic mass is 14.9. The Morgan fingerprint density at radius 1 is 1.25 bits per heavy atom. The van der Waals surface area contributed by atoms with Gasteiger partial charge in [-0.3, -0.25) is 0 Å². The van der Waals surface area contributed by atoms with Gasteiger partial charge in [-0.15, -0.1) is 0 Å². The second kappa shape index (κ2) is 5.49. The summed E-state index contributed by atoms with van der Waals surface area (Å²) in [6, 6.07) is 9.49. The molecule has 1 aliphatic rings. The van der Waals surface area contributed by atoms with Gasteiger partial charge in [-0.25, -0.2) is 0 Å². The summed E-state index contributed by atoms with van der Waals surface area (Å²) in [4.78, 5) is 0. The van der Waals surface area contributed by atoms with E-state index in [4.69, 9.17) is 0 Å². The zero-order valence-corrected chi connectivity index (χ0v) is 10.5. The van der Waals surface area contributed by atoms with Gasteiger partial charge in [-0.05, 0) is 44.2 Å². The minimum Gasteiger partial charge on any atom is -0.310 e. The van der Waals surface area contributed by atoms with Gasteiger partial charge in [-0.2, -0.15) is 0 Å². The van der Waals surface area contributed by atoms with Gasteiger partial charge in [0.1, 0.15) is 0 Å². The van der Waals surface area contributed by atoms with Crippen LogP contribution in [-0.2, 0) is 0 Å². The van der Waals surface area contributed by atoms with Crippen molar-refractivity contribution < 1.29 is 0 Å². The third-order valence-electron chi connectivity index (χ3n) is 3.77. The summed E-state index contributed by atoms with van der Waals surface area (Å²) >= 11 is 0. The smallest absolute Gasteiger partial charge is 0.0317 e. The fourth-order valence-corrected chi connectivity index (χ4v) is 2.30. The van der Waals surface area contributed by atoms with Crippen molar-refractivity contribution in [3.05, 3.63) is 35.4 Å². The second-order valence-electron chi connectivity index (χ2n) is 5.08. The van der Waals surface area contributed by atoms with Crippen molar-refractivity contribution in [3.8, 4) is 0 Å². The van der Waals surface area contributed by atoms with E-state index >= 15 is 0 Å². The molecule has 0 aliphatic heterocycles. The number of nitrogens with one attached hydrogen (secondary N) is 1. The van der Waals surface area contributed by atoms with Crippen LogP contribution in [0.3, 0.4) is 0 Å². The molecule has 0 aromatic heterocycles. The van der Waals surface area contributed by atoms with Crippen LogP contribution in [0.4, 0.5) is 0 Å². The summed E-state index contributed by atoms with van der Waals surface area (Å²) in [6.07, 6.45) is 5.47. The molecule has 1 atom stereocenters. The van der Waals surface area contributed by atoms with E-state index in [1.165, 1.54) is 43.4 Å². The Morgan fingerprint density at radius 3 is 2.44 bits per heavy atom. The topological polar surface area (TPSA) is 12.0 Å². The van der Waals surface area contributed by atoms with Crippen LogP contribution >= 0.6 is 0 Å². The lowest BCUT2D eigenvalue weighted by atomic mass is 9.85. The van der Waals surface area contributed by atoms with Crippen LogP contribution in [0.1, 0.15) is 49.8 Å². The van der Waals surface area contributed by atoms with E-state index < -0.39 is 0 Å². The molecule has 1 fully saturated rings. The third kappa shape index (κ3) is 2.85. The Kier molecular flexibility index (Phi) is 4.00. The minimum absolute atomic E-state index is 0.543. The number of hydrogen-bond donors (Lipinski definition) is 1. The van der Waals surface area contributed by atoms with Crippen molar-refractivity contribution in [1.82, 2.24) is 5.32 Å². The molecule has 16 heavy (non-hydrogen) atoms. The van der Waals surface area contributed by atoms with Gasteiger partial charge in [0.15, 0.2) is 0 Å². The van der Waals surface area contributed by atoms with Crippen LogP contribution in [0.15, 0.2) is 24.3 Å². The average molecular weight is 217 g/mol. The molecular weight excluding hydrogens is 194 g/mol. The summed E-state index contributed by atoms with van der Waals surface area (Å²) in [5, 5.41) is 3.71. The number of hydrogen-bond acceptors (Lipinski definition) is 1. The first kappa shape index (κ1) is 11.7. The monoisotopic (exact) mass is 217 g/mol. The number of rotatable bonds is 5. The van der Waals surface area contributed by atoms with Gasteiger partial charge in [-0.1, -0.05) is 43.2 Å². The SMILES string of the molecule is CCC(NCC1CCC1)c1ccc(C)cc1. The zero-order valence-electron chi connectivity index (χ0n) is 10.5. The van der Waals surface area contributed by atoms with Crippen molar-refractivity contribution >= 4 is 0 Å². The quantitative estimate of drug-likeness (QED) is 0.790. The van der Waals surface area contributed by atoms with Gasteiger partial charge >= 0.3 is 0 Å². The van der Waals surface area contributed by atoms with Crippen molar-refractivity contribution in [2.45, 2.75) is 45.6 Å². The van der Waals surface area contributed by atoms with Crippen LogP contribution in [0.2, 0.25) is 0 Å². The molecule has 0 saturated heterocycles. The summed E-state index contributed by atoms with van der Waals surface area (Å²) in [5.74, 6) is 0.944. The largest absolute Gasteiger partial charge is 0.310 e. The molecule has 1 saturated carbocycles. The highest BCUT2D eigenvalue weighted by Crippen LogP contribution is 2.26. The Balaban J connectivity index is 1.90. The first-order valence-electron chi connectivity index (χ1n) is 6.59. The van der Waals surface area contributed by atoms with E-state index in [9.17, 15) is 0 Å². The maximum atomic E-state index is 3.71. The zero-order chi connectivity index (χ0) is 11.4. The average Bonchev–Trinajstić information content (AvgIpc) is 2.24. The van der Waals surface area contributed by atoms with E-state index in [1.807, 2.05) is 0 Å². The van der Waals surface area contributed by atoms with E-state index in [0.29, 0.717) is 6.04 Å². The van der Waals surface area contributed by atoms with Crippen molar-refractivity contribution in [2.24, 2.45) is 5.92 Å². The molecule has 88 valence electrons. The molecule has 1 aromatic rings. The Labute approximate surface area is 99.3 Å². The van der Waals surface area contributed by atoms with Gasteiger partial charge < -0.3 is 5.32 Å². The van der Waals surface area contributed by atoms with Crippen LogP contribution in [0.25, 0.3) is 0 Å². The molecule has 0 amide bonds. The number of aryl methyl sites for hydroxylation is 1.